The fourth-order valence-electron chi connectivity index (χ4n) is 1.65. The maximum Gasteiger partial charge on any atom is 0.407 e. The minimum Gasteiger partial charge on any atom is -0.453 e. The lowest BCUT2D eigenvalue weighted by atomic mass is 9.80. The highest BCUT2D eigenvalue weighted by Crippen LogP contribution is 2.28. The second-order valence-electron chi connectivity index (χ2n) is 5.16. The Hall–Kier alpha value is -0.730. The number of alkyl carbamates (subject to hydrolysis) is 1. The van der Waals surface area contributed by atoms with Crippen LogP contribution in [0.15, 0.2) is 0 Å². The van der Waals surface area contributed by atoms with Crippen LogP contribution in [-0.4, -0.2) is 19.2 Å². The average Bonchev–Trinajstić information content (AvgIpc) is 2.24. The van der Waals surface area contributed by atoms with Crippen molar-refractivity contribution in [2.45, 2.75) is 65.8 Å². The molecular formula is C13H27NO2. The normalized spacial score (nSPS) is 13.3. The van der Waals surface area contributed by atoms with Crippen molar-refractivity contribution in [3.63, 3.8) is 0 Å². The van der Waals surface area contributed by atoms with Crippen molar-refractivity contribution in [2.75, 3.05) is 7.11 Å². The first-order valence-corrected chi connectivity index (χ1v) is 6.28. The van der Waals surface area contributed by atoms with Gasteiger partial charge in [-0.2, -0.15) is 0 Å². The molecule has 0 bridgehead atoms. The summed E-state index contributed by atoms with van der Waals surface area (Å²) < 4.78 is 4.61. The van der Waals surface area contributed by atoms with Crippen LogP contribution in [0.25, 0.3) is 0 Å². The molecule has 16 heavy (non-hydrogen) atoms. The molecule has 0 aliphatic carbocycles. The van der Waals surface area contributed by atoms with Gasteiger partial charge in [0.25, 0.3) is 0 Å². The van der Waals surface area contributed by atoms with Crippen LogP contribution in [0.2, 0.25) is 0 Å². The van der Waals surface area contributed by atoms with Gasteiger partial charge < -0.3 is 10.1 Å². The Balaban J connectivity index is 3.94. The van der Waals surface area contributed by atoms with E-state index in [0.29, 0.717) is 0 Å². The highest BCUT2D eigenvalue weighted by atomic mass is 16.5. The molecule has 96 valence electrons. The standard InChI is InChI=1S/C13H27NO2/c1-6-7-8-9-10-13(3,4)11(2)14-12(15)16-5/h11H,6-10H2,1-5H3,(H,14,15)/t11-/m0/s1. The van der Waals surface area contributed by atoms with Crippen LogP contribution in [0.5, 0.6) is 0 Å². The summed E-state index contributed by atoms with van der Waals surface area (Å²) in [6, 6.07) is 0.140. The van der Waals surface area contributed by atoms with Gasteiger partial charge in [-0.3, -0.25) is 0 Å². The predicted molar refractivity (Wildman–Crippen MR) is 67.5 cm³/mol. The van der Waals surface area contributed by atoms with Gasteiger partial charge in [0.2, 0.25) is 0 Å². The van der Waals surface area contributed by atoms with E-state index in [1.807, 2.05) is 6.92 Å². The second-order valence-corrected chi connectivity index (χ2v) is 5.16. The number of hydrogen-bond donors (Lipinski definition) is 1. The molecule has 0 spiro atoms. The summed E-state index contributed by atoms with van der Waals surface area (Å²) in [5.41, 5.74) is 0.127. The molecule has 0 fully saturated rings. The minimum atomic E-state index is -0.339. The molecule has 3 nitrogen and oxygen atoms in total. The van der Waals surface area contributed by atoms with Crippen molar-refractivity contribution in [1.82, 2.24) is 5.32 Å². The third-order valence-electron chi connectivity index (χ3n) is 3.37. The first-order chi connectivity index (χ1) is 7.44. The topological polar surface area (TPSA) is 38.3 Å². The van der Waals surface area contributed by atoms with Crippen LogP contribution in [0.1, 0.15) is 59.8 Å². The Morgan fingerprint density at radius 1 is 1.31 bits per heavy atom. The van der Waals surface area contributed by atoms with E-state index in [1.54, 1.807) is 0 Å². The monoisotopic (exact) mass is 229 g/mol. The maximum atomic E-state index is 11.1. The zero-order valence-electron chi connectivity index (χ0n) is 11.4. The molecule has 0 saturated carbocycles. The summed E-state index contributed by atoms with van der Waals surface area (Å²) in [7, 11) is 1.40. The van der Waals surface area contributed by atoms with Crippen LogP contribution in [0.3, 0.4) is 0 Å². The zero-order valence-corrected chi connectivity index (χ0v) is 11.4. The lowest BCUT2D eigenvalue weighted by Crippen LogP contribution is -2.42. The van der Waals surface area contributed by atoms with Gasteiger partial charge >= 0.3 is 6.09 Å². The van der Waals surface area contributed by atoms with Crippen molar-refractivity contribution >= 4 is 6.09 Å². The lowest BCUT2D eigenvalue weighted by molar-refractivity contribution is 0.150. The lowest BCUT2D eigenvalue weighted by Gasteiger charge is -2.32. The van der Waals surface area contributed by atoms with E-state index in [9.17, 15) is 4.79 Å². The summed E-state index contributed by atoms with van der Waals surface area (Å²) in [6.45, 7) is 8.64. The molecule has 3 heteroatoms. The first-order valence-electron chi connectivity index (χ1n) is 6.28. The molecule has 0 aliphatic rings. The maximum absolute atomic E-state index is 11.1. The van der Waals surface area contributed by atoms with Crippen molar-refractivity contribution in [3.05, 3.63) is 0 Å². The molecule has 1 N–H and O–H groups in total. The predicted octanol–water partition coefficient (Wildman–Crippen LogP) is 3.73. The summed E-state index contributed by atoms with van der Waals surface area (Å²) >= 11 is 0. The first kappa shape index (κ1) is 15.3. The van der Waals surface area contributed by atoms with Crippen LogP contribution < -0.4 is 5.32 Å². The number of ether oxygens (including phenoxy) is 1. The molecule has 0 radical (unpaired) electrons. The fourth-order valence-corrected chi connectivity index (χ4v) is 1.65. The van der Waals surface area contributed by atoms with Gasteiger partial charge in [-0.15, -0.1) is 0 Å². The molecular weight excluding hydrogens is 202 g/mol. The molecule has 0 rings (SSSR count). The van der Waals surface area contributed by atoms with E-state index in [0.717, 1.165) is 6.42 Å². The molecule has 0 aliphatic heterocycles. The molecule has 0 aromatic carbocycles. The third kappa shape index (κ3) is 5.99. The highest BCUT2D eigenvalue weighted by molar-refractivity contribution is 5.67. The zero-order chi connectivity index (χ0) is 12.6. The smallest absolute Gasteiger partial charge is 0.407 e. The molecule has 1 atom stereocenters. The number of nitrogens with one attached hydrogen (secondary N) is 1. The van der Waals surface area contributed by atoms with E-state index in [-0.39, 0.29) is 17.6 Å². The van der Waals surface area contributed by atoms with Crippen LogP contribution in [0, 0.1) is 5.41 Å². The Labute approximate surface area is 99.9 Å². The minimum absolute atomic E-state index is 0.127. The summed E-state index contributed by atoms with van der Waals surface area (Å²) in [4.78, 5) is 11.1. The number of rotatable bonds is 7. The Morgan fingerprint density at radius 2 is 1.94 bits per heavy atom. The summed E-state index contributed by atoms with van der Waals surface area (Å²) in [6.07, 6.45) is 5.87. The number of methoxy groups -OCH3 is 1. The number of hydrogen-bond acceptors (Lipinski definition) is 2. The average molecular weight is 229 g/mol. The van der Waals surface area contributed by atoms with Gasteiger partial charge in [0.15, 0.2) is 0 Å². The fraction of sp³-hybridized carbons (Fsp3) is 0.923. The number of amides is 1. The van der Waals surface area contributed by atoms with E-state index < -0.39 is 0 Å². The SMILES string of the molecule is CCCCCCC(C)(C)[C@H](C)NC(=O)OC. The van der Waals surface area contributed by atoms with Crippen molar-refractivity contribution < 1.29 is 9.53 Å². The van der Waals surface area contributed by atoms with Crippen molar-refractivity contribution in [2.24, 2.45) is 5.41 Å². The van der Waals surface area contributed by atoms with Crippen molar-refractivity contribution in [1.29, 1.82) is 0 Å². The van der Waals surface area contributed by atoms with Gasteiger partial charge in [0.1, 0.15) is 0 Å². The van der Waals surface area contributed by atoms with Gasteiger partial charge in [-0.05, 0) is 18.8 Å². The van der Waals surface area contributed by atoms with Gasteiger partial charge in [-0.1, -0.05) is 46.5 Å². The number of carbonyl (C=O) groups is 1. The highest BCUT2D eigenvalue weighted by Gasteiger charge is 2.26. The molecule has 0 aromatic heterocycles. The van der Waals surface area contributed by atoms with Gasteiger partial charge in [-0.25, -0.2) is 4.79 Å². The molecule has 0 aromatic rings. The quantitative estimate of drug-likeness (QED) is 0.675. The van der Waals surface area contributed by atoms with Crippen LogP contribution in [-0.2, 0) is 4.74 Å². The van der Waals surface area contributed by atoms with E-state index >= 15 is 0 Å². The second kappa shape index (κ2) is 7.53. The van der Waals surface area contributed by atoms with Crippen molar-refractivity contribution in [3.8, 4) is 0 Å². The molecule has 0 unspecified atom stereocenters. The number of carbonyl (C=O) groups excluding carboxylic acids is 1. The summed E-state index contributed by atoms with van der Waals surface area (Å²) in [5.74, 6) is 0. The van der Waals surface area contributed by atoms with E-state index in [1.165, 1.54) is 32.8 Å². The summed E-state index contributed by atoms with van der Waals surface area (Å²) in [5, 5.41) is 2.85. The van der Waals surface area contributed by atoms with Gasteiger partial charge in [0.05, 0.1) is 7.11 Å². The van der Waals surface area contributed by atoms with E-state index in [4.69, 9.17) is 0 Å². The third-order valence-corrected chi connectivity index (χ3v) is 3.37. The Morgan fingerprint density at radius 3 is 2.44 bits per heavy atom. The number of unbranched alkanes of at least 4 members (excludes halogenated alkanes) is 3. The van der Waals surface area contributed by atoms with E-state index in [2.05, 4.69) is 30.8 Å². The molecule has 0 saturated heterocycles. The molecule has 0 heterocycles. The van der Waals surface area contributed by atoms with Gasteiger partial charge in [0, 0.05) is 6.04 Å². The Bertz CT molecular complexity index is 202. The van der Waals surface area contributed by atoms with Crippen LogP contribution in [0.4, 0.5) is 4.79 Å². The van der Waals surface area contributed by atoms with Crippen LogP contribution >= 0.6 is 0 Å². The molecule has 1 amide bonds. The Kier molecular flexibility index (Phi) is 7.18. The largest absolute Gasteiger partial charge is 0.453 e.